The zero-order chi connectivity index (χ0) is 15.0. The summed E-state index contributed by atoms with van der Waals surface area (Å²) in [6.07, 6.45) is 1.09. The van der Waals surface area contributed by atoms with E-state index in [1.54, 1.807) is 0 Å². The van der Waals surface area contributed by atoms with Crippen molar-refractivity contribution in [1.82, 2.24) is 20.1 Å². The van der Waals surface area contributed by atoms with E-state index in [2.05, 4.69) is 46.1 Å². The average molecular weight is 307 g/mol. The van der Waals surface area contributed by atoms with Crippen LogP contribution in [0, 0.1) is 0 Å². The molecule has 0 aliphatic carbocycles. The predicted octanol–water partition coefficient (Wildman–Crippen LogP) is 2.52. The molecule has 1 unspecified atom stereocenters. The second-order valence-corrected chi connectivity index (χ2v) is 6.53. The number of aromatic amines is 2. The Morgan fingerprint density at radius 1 is 1.38 bits per heavy atom. The third-order valence-electron chi connectivity index (χ3n) is 4.52. The van der Waals surface area contributed by atoms with Crippen molar-refractivity contribution in [1.29, 1.82) is 0 Å². The van der Waals surface area contributed by atoms with Crippen molar-refractivity contribution >= 4 is 11.6 Å². The zero-order valence-electron chi connectivity index (χ0n) is 12.2. The molecular weight excluding hydrogens is 288 g/mol. The summed E-state index contributed by atoms with van der Waals surface area (Å²) in [5.41, 5.74) is 1.06. The molecule has 21 heavy (non-hydrogen) atoms. The Morgan fingerprint density at radius 2 is 2.10 bits per heavy atom. The molecule has 0 radical (unpaired) electrons. The van der Waals surface area contributed by atoms with Crippen molar-refractivity contribution < 1.29 is 0 Å². The number of hydrogen-bond acceptors (Lipinski definition) is 3. The van der Waals surface area contributed by atoms with Crippen molar-refractivity contribution in [2.75, 3.05) is 6.54 Å². The Labute approximate surface area is 128 Å². The number of nitrogens with one attached hydrogen (secondary N) is 2. The maximum atomic E-state index is 11.1. The summed E-state index contributed by atoms with van der Waals surface area (Å²) in [5.74, 6) is 1.13. The standard InChI is InChI=1S/C15H19ClN4O/c1-15(2)12(10-3-5-11(16)6-4-10)7-8-20(15)9-13-17-14(21)19-18-13/h3-6,12H,7-9H2,1-2H3,(H2,17,18,19,21). The van der Waals surface area contributed by atoms with Gasteiger partial charge in [0.2, 0.25) is 0 Å². The fourth-order valence-electron chi connectivity index (χ4n) is 3.26. The molecule has 1 saturated heterocycles. The molecule has 0 bridgehead atoms. The molecule has 112 valence electrons. The van der Waals surface area contributed by atoms with Crippen LogP contribution in [-0.4, -0.2) is 32.2 Å². The first-order chi connectivity index (χ1) is 9.96. The summed E-state index contributed by atoms with van der Waals surface area (Å²) in [7, 11) is 0. The highest BCUT2D eigenvalue weighted by Crippen LogP contribution is 2.42. The summed E-state index contributed by atoms with van der Waals surface area (Å²) in [6.45, 7) is 6.11. The molecule has 1 aliphatic rings. The van der Waals surface area contributed by atoms with Crippen LogP contribution in [0.2, 0.25) is 5.02 Å². The van der Waals surface area contributed by atoms with Crippen molar-refractivity contribution in [3.8, 4) is 0 Å². The topological polar surface area (TPSA) is 64.8 Å². The number of H-pyrrole nitrogens is 2. The van der Waals surface area contributed by atoms with E-state index in [1.807, 2.05) is 12.1 Å². The minimum atomic E-state index is -0.253. The van der Waals surface area contributed by atoms with Gasteiger partial charge in [-0.05, 0) is 44.5 Å². The van der Waals surface area contributed by atoms with E-state index in [4.69, 9.17) is 11.6 Å². The van der Waals surface area contributed by atoms with E-state index < -0.39 is 0 Å². The number of hydrogen-bond donors (Lipinski definition) is 2. The van der Waals surface area contributed by atoms with E-state index in [9.17, 15) is 4.79 Å². The minimum Gasteiger partial charge on any atom is -0.292 e. The van der Waals surface area contributed by atoms with Crippen LogP contribution in [-0.2, 0) is 6.54 Å². The lowest BCUT2D eigenvalue weighted by molar-refractivity contribution is 0.149. The summed E-state index contributed by atoms with van der Waals surface area (Å²) in [6, 6.07) is 8.10. The molecule has 6 heteroatoms. The molecule has 3 rings (SSSR count). The molecule has 0 amide bonds. The Kier molecular flexibility index (Phi) is 3.63. The molecule has 0 spiro atoms. The lowest BCUT2D eigenvalue weighted by Gasteiger charge is -2.35. The van der Waals surface area contributed by atoms with E-state index >= 15 is 0 Å². The second kappa shape index (κ2) is 5.31. The Morgan fingerprint density at radius 3 is 2.71 bits per heavy atom. The maximum Gasteiger partial charge on any atom is 0.340 e. The molecule has 0 saturated carbocycles. The van der Waals surface area contributed by atoms with Crippen LogP contribution in [0.25, 0.3) is 0 Å². The van der Waals surface area contributed by atoms with E-state index in [0.29, 0.717) is 18.3 Å². The highest BCUT2D eigenvalue weighted by molar-refractivity contribution is 6.30. The molecule has 2 aromatic rings. The Balaban J connectivity index is 1.80. The van der Waals surface area contributed by atoms with Gasteiger partial charge in [-0.2, -0.15) is 5.10 Å². The Bertz CT molecular complexity index is 673. The summed E-state index contributed by atoms with van der Waals surface area (Å²) in [4.78, 5) is 16.2. The fraction of sp³-hybridized carbons (Fsp3) is 0.467. The van der Waals surface area contributed by atoms with Crippen molar-refractivity contribution in [3.05, 3.63) is 51.2 Å². The van der Waals surface area contributed by atoms with Crippen LogP contribution in [0.4, 0.5) is 0 Å². The monoisotopic (exact) mass is 306 g/mol. The summed E-state index contributed by atoms with van der Waals surface area (Å²) < 4.78 is 0. The number of rotatable bonds is 3. The van der Waals surface area contributed by atoms with Gasteiger partial charge >= 0.3 is 5.69 Å². The van der Waals surface area contributed by atoms with Crippen LogP contribution in [0.15, 0.2) is 29.1 Å². The second-order valence-electron chi connectivity index (χ2n) is 6.09. The summed E-state index contributed by atoms with van der Waals surface area (Å²) >= 11 is 5.97. The number of halogens is 1. The average Bonchev–Trinajstić information content (AvgIpc) is 2.96. The molecule has 1 fully saturated rings. The maximum absolute atomic E-state index is 11.1. The Hall–Kier alpha value is -1.59. The molecular formula is C15H19ClN4O. The van der Waals surface area contributed by atoms with E-state index in [-0.39, 0.29) is 11.2 Å². The minimum absolute atomic E-state index is 0.00364. The van der Waals surface area contributed by atoms with Crippen LogP contribution >= 0.6 is 11.6 Å². The quantitative estimate of drug-likeness (QED) is 0.916. The molecule has 5 nitrogen and oxygen atoms in total. The van der Waals surface area contributed by atoms with Gasteiger partial charge in [0.15, 0.2) is 0 Å². The first-order valence-electron chi connectivity index (χ1n) is 7.11. The van der Waals surface area contributed by atoms with E-state index in [1.165, 1.54) is 5.56 Å². The first kappa shape index (κ1) is 14.4. The van der Waals surface area contributed by atoms with Crippen LogP contribution in [0.1, 0.15) is 37.6 Å². The van der Waals surface area contributed by atoms with Crippen LogP contribution in [0.3, 0.4) is 0 Å². The smallest absolute Gasteiger partial charge is 0.292 e. The molecule has 2 N–H and O–H groups in total. The lowest BCUT2D eigenvalue weighted by atomic mass is 9.83. The van der Waals surface area contributed by atoms with Gasteiger partial charge in [-0.15, -0.1) is 0 Å². The van der Waals surface area contributed by atoms with Crippen molar-refractivity contribution in [2.24, 2.45) is 0 Å². The van der Waals surface area contributed by atoms with Crippen LogP contribution < -0.4 is 5.69 Å². The fourth-order valence-corrected chi connectivity index (χ4v) is 3.39. The largest absolute Gasteiger partial charge is 0.340 e. The molecule has 1 aromatic heterocycles. The van der Waals surface area contributed by atoms with E-state index in [0.717, 1.165) is 18.0 Å². The third-order valence-corrected chi connectivity index (χ3v) is 4.77. The number of likely N-dealkylation sites (tertiary alicyclic amines) is 1. The molecule has 2 heterocycles. The third kappa shape index (κ3) is 2.76. The molecule has 1 atom stereocenters. The van der Waals surface area contributed by atoms with Gasteiger partial charge in [-0.1, -0.05) is 23.7 Å². The molecule has 1 aliphatic heterocycles. The van der Waals surface area contributed by atoms with Gasteiger partial charge in [0, 0.05) is 16.5 Å². The van der Waals surface area contributed by atoms with Gasteiger partial charge in [-0.25, -0.2) is 9.89 Å². The highest BCUT2D eigenvalue weighted by atomic mass is 35.5. The van der Waals surface area contributed by atoms with Crippen molar-refractivity contribution in [3.63, 3.8) is 0 Å². The van der Waals surface area contributed by atoms with Crippen molar-refractivity contribution in [2.45, 2.75) is 38.3 Å². The normalized spacial score (nSPS) is 21.8. The van der Waals surface area contributed by atoms with Gasteiger partial charge in [0.25, 0.3) is 0 Å². The number of aromatic nitrogens is 3. The number of nitrogens with zero attached hydrogens (tertiary/aromatic N) is 2. The summed E-state index contributed by atoms with van der Waals surface area (Å²) in [5, 5.41) is 7.18. The zero-order valence-corrected chi connectivity index (χ0v) is 12.9. The first-order valence-corrected chi connectivity index (χ1v) is 7.48. The van der Waals surface area contributed by atoms with Crippen LogP contribution in [0.5, 0.6) is 0 Å². The van der Waals surface area contributed by atoms with Gasteiger partial charge in [0.05, 0.1) is 6.54 Å². The van der Waals surface area contributed by atoms with Gasteiger partial charge < -0.3 is 0 Å². The lowest BCUT2D eigenvalue weighted by Crippen LogP contribution is -2.41. The SMILES string of the molecule is CC1(C)C(c2ccc(Cl)cc2)CCN1Cc1n[nH]c(=O)[nH]1. The number of benzene rings is 1. The van der Waals surface area contributed by atoms with Gasteiger partial charge in [0.1, 0.15) is 5.82 Å². The highest BCUT2D eigenvalue weighted by Gasteiger charge is 2.42. The van der Waals surface area contributed by atoms with Gasteiger partial charge in [-0.3, -0.25) is 9.88 Å². The predicted molar refractivity (Wildman–Crippen MR) is 82.5 cm³/mol. The molecule has 1 aromatic carbocycles.